The second-order valence-electron chi connectivity index (χ2n) is 9.15. The molecule has 2 heterocycles. The van der Waals surface area contributed by atoms with Crippen LogP contribution in [0, 0.1) is 13.8 Å². The first kappa shape index (κ1) is 26.3. The van der Waals surface area contributed by atoms with Crippen LogP contribution in [0.5, 0.6) is 0 Å². The highest BCUT2D eigenvalue weighted by molar-refractivity contribution is 5.99. The Kier molecular flexibility index (Phi) is 8.27. The quantitative estimate of drug-likeness (QED) is 0.296. The molecule has 190 valence electrons. The number of pyridine rings is 1. The fourth-order valence-electron chi connectivity index (χ4n) is 4.63. The van der Waals surface area contributed by atoms with Crippen molar-refractivity contribution in [3.05, 3.63) is 125 Å². The van der Waals surface area contributed by atoms with Crippen molar-refractivity contribution in [2.24, 2.45) is 0 Å². The molecule has 6 heteroatoms. The molecule has 0 spiro atoms. The van der Waals surface area contributed by atoms with Gasteiger partial charge in [0.1, 0.15) is 0 Å². The van der Waals surface area contributed by atoms with Crippen LogP contribution in [0.2, 0.25) is 0 Å². The van der Waals surface area contributed by atoms with Gasteiger partial charge in [-0.3, -0.25) is 9.78 Å². The maximum atomic E-state index is 13.0. The van der Waals surface area contributed by atoms with Gasteiger partial charge in [-0.25, -0.2) is 0 Å². The van der Waals surface area contributed by atoms with Gasteiger partial charge in [-0.15, -0.1) is 0 Å². The lowest BCUT2D eigenvalue weighted by molar-refractivity contribution is -0.191. The average Bonchev–Trinajstić information content (AvgIpc) is 3.19. The maximum absolute atomic E-state index is 13.0. The summed E-state index contributed by atoms with van der Waals surface area (Å²) < 4.78 is 2.34. The summed E-state index contributed by atoms with van der Waals surface area (Å²) in [4.78, 5) is 33.3. The minimum Gasteiger partial charge on any atom is -0.346 e. The SMILES string of the molecule is Cc1c(C)n(Cc2ccc(-c3ccccc3)cc2)c2ccc(C(=O)N[C@H](C)c3ccncc3)cc12.O=C=O. The van der Waals surface area contributed by atoms with Crippen molar-refractivity contribution in [2.75, 3.05) is 0 Å². The minimum absolute atomic E-state index is 0.0717. The lowest BCUT2D eigenvalue weighted by Crippen LogP contribution is -2.26. The van der Waals surface area contributed by atoms with Crippen molar-refractivity contribution in [1.82, 2.24) is 14.9 Å². The number of benzene rings is 3. The van der Waals surface area contributed by atoms with E-state index in [1.54, 1.807) is 12.4 Å². The summed E-state index contributed by atoms with van der Waals surface area (Å²) in [6, 6.07) is 29.0. The fourth-order valence-corrected chi connectivity index (χ4v) is 4.63. The molecule has 0 bridgehead atoms. The first-order valence-electron chi connectivity index (χ1n) is 12.4. The third-order valence-electron chi connectivity index (χ3n) is 6.86. The number of aryl methyl sites for hydroxylation is 1. The molecule has 6 nitrogen and oxygen atoms in total. The monoisotopic (exact) mass is 503 g/mol. The van der Waals surface area contributed by atoms with Gasteiger partial charge in [-0.05, 0) is 78.9 Å². The molecule has 0 aliphatic heterocycles. The summed E-state index contributed by atoms with van der Waals surface area (Å²) in [5.74, 6) is -0.0717. The van der Waals surface area contributed by atoms with Crippen LogP contribution in [0.4, 0.5) is 0 Å². The molecule has 0 saturated carbocycles. The van der Waals surface area contributed by atoms with E-state index in [-0.39, 0.29) is 18.1 Å². The summed E-state index contributed by atoms with van der Waals surface area (Å²) in [6.07, 6.45) is 3.74. The van der Waals surface area contributed by atoms with E-state index in [0.29, 0.717) is 5.56 Å². The first-order chi connectivity index (χ1) is 18.4. The van der Waals surface area contributed by atoms with E-state index in [9.17, 15) is 4.79 Å². The van der Waals surface area contributed by atoms with Crippen LogP contribution >= 0.6 is 0 Å². The Bertz CT molecular complexity index is 1570. The van der Waals surface area contributed by atoms with E-state index >= 15 is 0 Å². The zero-order chi connectivity index (χ0) is 27.1. The van der Waals surface area contributed by atoms with Gasteiger partial charge in [0.2, 0.25) is 0 Å². The van der Waals surface area contributed by atoms with Crippen LogP contribution in [0.15, 0.2) is 97.3 Å². The Labute approximate surface area is 222 Å². The average molecular weight is 504 g/mol. The van der Waals surface area contributed by atoms with Crippen LogP contribution in [0.25, 0.3) is 22.0 Å². The van der Waals surface area contributed by atoms with E-state index in [4.69, 9.17) is 9.59 Å². The number of nitrogens with one attached hydrogen (secondary N) is 1. The van der Waals surface area contributed by atoms with E-state index in [1.807, 2.05) is 37.3 Å². The molecule has 38 heavy (non-hydrogen) atoms. The third-order valence-corrected chi connectivity index (χ3v) is 6.86. The van der Waals surface area contributed by atoms with Gasteiger partial charge < -0.3 is 9.88 Å². The van der Waals surface area contributed by atoms with Gasteiger partial charge in [0, 0.05) is 41.1 Å². The van der Waals surface area contributed by atoms with Crippen LogP contribution in [0.3, 0.4) is 0 Å². The Morgan fingerprint density at radius 3 is 2.18 bits per heavy atom. The van der Waals surface area contributed by atoms with E-state index in [1.165, 1.54) is 27.9 Å². The zero-order valence-corrected chi connectivity index (χ0v) is 21.6. The smallest absolute Gasteiger partial charge is 0.346 e. The Morgan fingerprint density at radius 2 is 1.53 bits per heavy atom. The normalized spacial score (nSPS) is 11.2. The number of aromatic nitrogens is 2. The standard InChI is InChI=1S/C31H29N3O.CO2/c1-21-23(3)34(20-24-9-11-27(12-10-24)26-7-5-4-6-8-26)30-14-13-28(19-29(21)30)31(35)33-22(2)25-15-17-32-18-16-25;2-1-3/h4-19,22H,20H2,1-3H3,(H,33,35);/t22-;/m1./s1. The Balaban J connectivity index is 0.00000107. The summed E-state index contributed by atoms with van der Waals surface area (Å²) >= 11 is 0. The van der Waals surface area contributed by atoms with Gasteiger partial charge in [-0.1, -0.05) is 54.6 Å². The van der Waals surface area contributed by atoms with Crippen molar-refractivity contribution < 1.29 is 14.4 Å². The number of hydrogen-bond donors (Lipinski definition) is 1. The maximum Gasteiger partial charge on any atom is 0.373 e. The number of nitrogens with zero attached hydrogens (tertiary/aromatic N) is 2. The van der Waals surface area contributed by atoms with Gasteiger partial charge in [0.25, 0.3) is 5.91 Å². The van der Waals surface area contributed by atoms with Gasteiger partial charge in [0.15, 0.2) is 0 Å². The molecule has 1 atom stereocenters. The van der Waals surface area contributed by atoms with Crippen LogP contribution < -0.4 is 5.32 Å². The van der Waals surface area contributed by atoms with Crippen molar-refractivity contribution in [3.8, 4) is 11.1 Å². The molecule has 0 fully saturated rings. The number of carbonyl (C=O) groups excluding carboxylic acids is 3. The summed E-state index contributed by atoms with van der Waals surface area (Å²) in [6.45, 7) is 7.06. The second kappa shape index (κ2) is 12.0. The van der Waals surface area contributed by atoms with E-state index < -0.39 is 0 Å². The number of fused-ring (bicyclic) bond motifs is 1. The number of carbonyl (C=O) groups is 1. The topological polar surface area (TPSA) is 81.1 Å². The molecular weight excluding hydrogens is 474 g/mol. The first-order valence-corrected chi connectivity index (χ1v) is 12.4. The molecule has 5 aromatic rings. The van der Waals surface area contributed by atoms with Crippen molar-refractivity contribution >= 4 is 23.0 Å². The highest BCUT2D eigenvalue weighted by Gasteiger charge is 2.16. The minimum atomic E-state index is -0.0903. The van der Waals surface area contributed by atoms with Gasteiger partial charge in [0.05, 0.1) is 6.04 Å². The number of rotatable bonds is 6. The molecule has 0 unspecified atom stereocenters. The highest BCUT2D eigenvalue weighted by atomic mass is 16.2. The Morgan fingerprint density at radius 1 is 0.895 bits per heavy atom. The molecule has 5 rings (SSSR count). The van der Waals surface area contributed by atoms with Crippen molar-refractivity contribution in [1.29, 1.82) is 0 Å². The fraction of sp³-hybridized carbons (Fsp3) is 0.156. The Hall–Kier alpha value is -4.80. The third kappa shape index (κ3) is 5.77. The number of amides is 1. The van der Waals surface area contributed by atoms with Crippen LogP contribution in [-0.2, 0) is 16.1 Å². The molecule has 1 N–H and O–H groups in total. The zero-order valence-electron chi connectivity index (χ0n) is 21.6. The van der Waals surface area contributed by atoms with Crippen molar-refractivity contribution in [3.63, 3.8) is 0 Å². The lowest BCUT2D eigenvalue weighted by atomic mass is 10.0. The molecular formula is C32H29N3O3. The van der Waals surface area contributed by atoms with E-state index in [2.05, 4.69) is 83.3 Å². The summed E-state index contributed by atoms with van der Waals surface area (Å²) in [7, 11) is 0. The van der Waals surface area contributed by atoms with Gasteiger partial charge in [-0.2, -0.15) is 9.59 Å². The highest BCUT2D eigenvalue weighted by Crippen LogP contribution is 2.28. The van der Waals surface area contributed by atoms with Crippen molar-refractivity contribution in [2.45, 2.75) is 33.4 Å². The molecule has 0 aliphatic rings. The molecule has 0 aliphatic carbocycles. The van der Waals surface area contributed by atoms with Crippen LogP contribution in [-0.4, -0.2) is 21.6 Å². The summed E-state index contributed by atoms with van der Waals surface area (Å²) in [5, 5.41) is 4.22. The summed E-state index contributed by atoms with van der Waals surface area (Å²) in [5.41, 5.74) is 8.96. The predicted octanol–water partition coefficient (Wildman–Crippen LogP) is 6.28. The molecule has 3 aromatic carbocycles. The van der Waals surface area contributed by atoms with Gasteiger partial charge >= 0.3 is 6.15 Å². The lowest BCUT2D eigenvalue weighted by Gasteiger charge is -2.14. The number of hydrogen-bond acceptors (Lipinski definition) is 4. The molecule has 0 radical (unpaired) electrons. The molecule has 0 saturated heterocycles. The van der Waals surface area contributed by atoms with E-state index in [0.717, 1.165) is 23.0 Å². The molecule has 1 amide bonds. The predicted molar refractivity (Wildman–Crippen MR) is 148 cm³/mol. The second-order valence-corrected chi connectivity index (χ2v) is 9.15. The van der Waals surface area contributed by atoms with Crippen LogP contribution in [0.1, 0.15) is 45.7 Å². The largest absolute Gasteiger partial charge is 0.373 e. The molecule has 2 aromatic heterocycles.